The second-order valence-corrected chi connectivity index (χ2v) is 9.88. The number of nitrogens with zero attached hydrogens (tertiary/aromatic N) is 3. The highest BCUT2D eigenvalue weighted by Gasteiger charge is 2.38. The molecule has 0 fully saturated rings. The fraction of sp³-hybridized carbons (Fsp3) is 0.261. The molecule has 1 aliphatic heterocycles. The average molecular weight is 499 g/mol. The largest absolute Gasteiger partial charge is 0.493 e. The van der Waals surface area contributed by atoms with E-state index in [0.717, 1.165) is 21.8 Å². The molecular formula is C23H22N4O5S2. The van der Waals surface area contributed by atoms with Crippen LogP contribution in [0, 0.1) is 0 Å². The Labute approximate surface area is 204 Å². The van der Waals surface area contributed by atoms with E-state index in [1.165, 1.54) is 11.8 Å². The van der Waals surface area contributed by atoms with Crippen molar-refractivity contribution in [2.24, 2.45) is 0 Å². The molecule has 3 aromatic rings. The number of methoxy groups -OCH3 is 2. The number of hydrogen-bond donors (Lipinski definition) is 1. The van der Waals surface area contributed by atoms with E-state index >= 15 is 0 Å². The summed E-state index contributed by atoms with van der Waals surface area (Å²) in [6, 6.07) is 12.3. The normalized spacial score (nSPS) is 13.6. The zero-order valence-corrected chi connectivity index (χ0v) is 20.4. The molecular weight excluding hydrogens is 476 g/mol. The first kappa shape index (κ1) is 23.7. The lowest BCUT2D eigenvalue weighted by Gasteiger charge is -2.12. The molecule has 0 saturated carbocycles. The highest BCUT2D eigenvalue weighted by atomic mass is 32.2. The van der Waals surface area contributed by atoms with Crippen LogP contribution < -0.4 is 19.7 Å². The summed E-state index contributed by atoms with van der Waals surface area (Å²) in [6.07, 6.45) is 0.631. The van der Waals surface area contributed by atoms with Crippen LogP contribution in [0.15, 0.2) is 46.8 Å². The van der Waals surface area contributed by atoms with Crippen molar-refractivity contribution in [1.29, 1.82) is 0 Å². The minimum atomic E-state index is -0.437. The number of thioether (sulfide) groups is 1. The SMILES string of the molecule is COc1ccc(CCNC(=O)C(C)Sc2nnc(N3C(=O)c4ccccc4C3=O)s2)cc1OC. The van der Waals surface area contributed by atoms with E-state index in [1.54, 1.807) is 45.4 Å². The van der Waals surface area contributed by atoms with Crippen molar-refractivity contribution in [3.63, 3.8) is 0 Å². The Morgan fingerprint density at radius 3 is 2.38 bits per heavy atom. The van der Waals surface area contributed by atoms with Gasteiger partial charge in [-0.3, -0.25) is 14.4 Å². The Balaban J connectivity index is 1.32. The molecule has 2 aromatic carbocycles. The van der Waals surface area contributed by atoms with E-state index in [9.17, 15) is 14.4 Å². The van der Waals surface area contributed by atoms with E-state index in [2.05, 4.69) is 15.5 Å². The van der Waals surface area contributed by atoms with Gasteiger partial charge in [-0.2, -0.15) is 0 Å². The van der Waals surface area contributed by atoms with Crippen molar-refractivity contribution in [3.8, 4) is 11.5 Å². The van der Waals surface area contributed by atoms with Gasteiger partial charge in [-0.1, -0.05) is 41.3 Å². The van der Waals surface area contributed by atoms with Gasteiger partial charge in [0, 0.05) is 6.54 Å². The molecule has 34 heavy (non-hydrogen) atoms. The smallest absolute Gasteiger partial charge is 0.268 e. The maximum absolute atomic E-state index is 12.6. The molecule has 1 aliphatic rings. The lowest BCUT2D eigenvalue weighted by molar-refractivity contribution is -0.120. The number of rotatable bonds is 9. The predicted molar refractivity (Wildman–Crippen MR) is 129 cm³/mol. The van der Waals surface area contributed by atoms with Crippen molar-refractivity contribution in [3.05, 3.63) is 59.2 Å². The molecule has 3 amide bonds. The van der Waals surface area contributed by atoms with Gasteiger partial charge in [0.1, 0.15) is 0 Å². The minimum absolute atomic E-state index is 0.150. The van der Waals surface area contributed by atoms with Gasteiger partial charge in [0.15, 0.2) is 15.8 Å². The fourth-order valence-corrected chi connectivity index (χ4v) is 5.42. The molecule has 2 heterocycles. The van der Waals surface area contributed by atoms with Crippen LogP contribution in [0.5, 0.6) is 11.5 Å². The third kappa shape index (κ3) is 4.75. The number of benzene rings is 2. The molecule has 9 nitrogen and oxygen atoms in total. The number of imide groups is 1. The maximum atomic E-state index is 12.6. The van der Waals surface area contributed by atoms with Crippen LogP contribution in [-0.4, -0.2) is 53.9 Å². The van der Waals surface area contributed by atoms with Gasteiger partial charge >= 0.3 is 0 Å². The van der Waals surface area contributed by atoms with Crippen LogP contribution in [-0.2, 0) is 11.2 Å². The van der Waals surface area contributed by atoms with Crippen molar-refractivity contribution in [1.82, 2.24) is 15.5 Å². The zero-order valence-electron chi connectivity index (χ0n) is 18.7. The highest BCUT2D eigenvalue weighted by Crippen LogP contribution is 2.35. The number of amides is 3. The van der Waals surface area contributed by atoms with Gasteiger partial charge in [-0.15, -0.1) is 10.2 Å². The number of anilines is 1. The number of hydrogen-bond acceptors (Lipinski definition) is 9. The molecule has 176 valence electrons. The first-order valence-electron chi connectivity index (χ1n) is 10.4. The van der Waals surface area contributed by atoms with E-state index in [4.69, 9.17) is 9.47 Å². The fourth-order valence-electron chi connectivity index (χ4n) is 3.42. The van der Waals surface area contributed by atoms with Gasteiger partial charge < -0.3 is 14.8 Å². The number of carbonyl (C=O) groups excluding carboxylic acids is 3. The highest BCUT2D eigenvalue weighted by molar-refractivity contribution is 8.02. The van der Waals surface area contributed by atoms with E-state index < -0.39 is 17.1 Å². The Bertz CT molecular complexity index is 1210. The van der Waals surface area contributed by atoms with E-state index in [1.807, 2.05) is 18.2 Å². The summed E-state index contributed by atoms with van der Waals surface area (Å²) in [7, 11) is 3.16. The Morgan fingerprint density at radius 2 is 1.74 bits per heavy atom. The second-order valence-electron chi connectivity index (χ2n) is 7.33. The van der Waals surface area contributed by atoms with Gasteiger partial charge in [-0.05, 0) is 43.2 Å². The quantitative estimate of drug-likeness (QED) is 0.272. The van der Waals surface area contributed by atoms with Crippen LogP contribution in [0.25, 0.3) is 0 Å². The van der Waals surface area contributed by atoms with Gasteiger partial charge in [-0.25, -0.2) is 4.90 Å². The standard InChI is InChI=1S/C23H22N4O5S2/c1-13(19(28)24-11-10-14-8-9-17(31-2)18(12-14)32-3)33-23-26-25-22(34-23)27-20(29)15-6-4-5-7-16(15)21(27)30/h4-9,12-13H,10-11H2,1-3H3,(H,24,28). The van der Waals surface area contributed by atoms with Crippen LogP contribution in [0.3, 0.4) is 0 Å². The lowest BCUT2D eigenvalue weighted by Crippen LogP contribution is -2.32. The van der Waals surface area contributed by atoms with E-state index in [-0.39, 0.29) is 11.0 Å². The number of nitrogens with one attached hydrogen (secondary N) is 1. The summed E-state index contributed by atoms with van der Waals surface area (Å²) < 4.78 is 11.0. The molecule has 11 heteroatoms. The second kappa shape index (κ2) is 10.2. The molecule has 1 unspecified atom stereocenters. The topological polar surface area (TPSA) is 111 Å². The third-order valence-corrected chi connectivity index (χ3v) is 7.28. The minimum Gasteiger partial charge on any atom is -0.493 e. The Kier molecular flexibility index (Phi) is 7.13. The van der Waals surface area contributed by atoms with E-state index in [0.29, 0.717) is 39.9 Å². The lowest BCUT2D eigenvalue weighted by atomic mass is 10.1. The van der Waals surface area contributed by atoms with Gasteiger partial charge in [0.05, 0.1) is 30.6 Å². The zero-order chi connectivity index (χ0) is 24.2. The summed E-state index contributed by atoms with van der Waals surface area (Å²) in [5.41, 5.74) is 1.70. The van der Waals surface area contributed by atoms with Gasteiger partial charge in [0.2, 0.25) is 11.0 Å². The molecule has 1 N–H and O–H groups in total. The maximum Gasteiger partial charge on any atom is 0.268 e. The average Bonchev–Trinajstić information content (AvgIpc) is 3.40. The summed E-state index contributed by atoms with van der Waals surface area (Å²) >= 11 is 2.32. The van der Waals surface area contributed by atoms with Crippen LogP contribution in [0.1, 0.15) is 33.2 Å². The Morgan fingerprint density at radius 1 is 1.06 bits per heavy atom. The van der Waals surface area contributed by atoms with Crippen LogP contribution >= 0.6 is 23.1 Å². The Hall–Kier alpha value is -3.44. The molecule has 1 aromatic heterocycles. The monoisotopic (exact) mass is 498 g/mol. The summed E-state index contributed by atoms with van der Waals surface area (Å²) in [5, 5.41) is 10.7. The molecule has 4 rings (SSSR count). The van der Waals surface area contributed by atoms with Crippen molar-refractivity contribution in [2.75, 3.05) is 25.7 Å². The van der Waals surface area contributed by atoms with Crippen LogP contribution in [0.2, 0.25) is 0 Å². The first-order valence-corrected chi connectivity index (χ1v) is 12.1. The molecule has 1 atom stereocenters. The summed E-state index contributed by atoms with van der Waals surface area (Å²) in [4.78, 5) is 38.8. The van der Waals surface area contributed by atoms with Crippen molar-refractivity contribution in [2.45, 2.75) is 22.9 Å². The number of aromatic nitrogens is 2. The van der Waals surface area contributed by atoms with Crippen LogP contribution in [0.4, 0.5) is 5.13 Å². The molecule has 0 bridgehead atoms. The summed E-state index contributed by atoms with van der Waals surface area (Å²) in [5.74, 6) is 0.296. The molecule has 0 aliphatic carbocycles. The van der Waals surface area contributed by atoms with Crippen molar-refractivity contribution >= 4 is 46.0 Å². The number of ether oxygens (including phenoxy) is 2. The summed E-state index contributed by atoms with van der Waals surface area (Å²) in [6.45, 7) is 2.22. The van der Waals surface area contributed by atoms with Crippen molar-refractivity contribution < 1.29 is 23.9 Å². The third-order valence-electron chi connectivity index (χ3n) is 5.19. The number of carbonyl (C=O) groups is 3. The number of fused-ring (bicyclic) bond motifs is 1. The first-order chi connectivity index (χ1) is 16.4. The molecule has 0 radical (unpaired) electrons. The van der Waals surface area contributed by atoms with Gasteiger partial charge in [0.25, 0.3) is 11.8 Å². The molecule has 0 saturated heterocycles. The molecule has 0 spiro atoms. The predicted octanol–water partition coefficient (Wildman–Crippen LogP) is 3.20.